The lowest BCUT2D eigenvalue weighted by Crippen LogP contribution is -2.23. The Hall–Kier alpha value is -3.85. The minimum absolute atomic E-state index is 0.200. The second-order valence-corrected chi connectivity index (χ2v) is 6.42. The van der Waals surface area contributed by atoms with Gasteiger partial charge in [-0.2, -0.15) is 5.26 Å². The van der Waals surface area contributed by atoms with E-state index in [1.807, 2.05) is 55.5 Å². The van der Waals surface area contributed by atoms with Gasteiger partial charge < -0.3 is 15.4 Å². The molecular weight excluding hydrogens is 364 g/mol. The van der Waals surface area contributed by atoms with E-state index in [0.717, 1.165) is 22.0 Å². The number of anilines is 1. The smallest absolute Gasteiger partial charge is 0.269 e. The number of ether oxygens (including phenoxy) is 1. The molecule has 0 atom stereocenters. The standard InChI is InChI=1S/C23H22N4O2/c1-4-25-23(28)20-7-5-6-19(27-20)17-9-8-16-10-11-21(29-3)22(18(16)12-17)26-14-15(2)13-24/h5-12,26H,2,4,14H2,1,3H3,(H,25,28). The Bertz CT molecular complexity index is 1120. The van der Waals surface area contributed by atoms with Crippen LogP contribution in [0.2, 0.25) is 0 Å². The van der Waals surface area contributed by atoms with Gasteiger partial charge in [-0.1, -0.05) is 30.8 Å². The number of hydrogen-bond acceptors (Lipinski definition) is 5. The van der Waals surface area contributed by atoms with Gasteiger partial charge in [0, 0.05) is 29.6 Å². The molecule has 1 heterocycles. The summed E-state index contributed by atoms with van der Waals surface area (Å²) in [6.07, 6.45) is 0. The highest BCUT2D eigenvalue weighted by Gasteiger charge is 2.12. The normalized spacial score (nSPS) is 10.2. The zero-order chi connectivity index (χ0) is 20.8. The number of nitrogens with one attached hydrogen (secondary N) is 2. The van der Waals surface area contributed by atoms with Crippen LogP contribution in [0.15, 0.2) is 60.7 Å². The molecule has 0 bridgehead atoms. The van der Waals surface area contributed by atoms with Crippen molar-refractivity contribution in [1.29, 1.82) is 5.26 Å². The molecule has 0 saturated carbocycles. The third kappa shape index (κ3) is 4.36. The number of hydrogen-bond donors (Lipinski definition) is 2. The van der Waals surface area contributed by atoms with Gasteiger partial charge in [-0.05, 0) is 36.6 Å². The number of aromatic nitrogens is 1. The molecule has 0 aliphatic carbocycles. The Morgan fingerprint density at radius 1 is 1.24 bits per heavy atom. The van der Waals surface area contributed by atoms with E-state index in [-0.39, 0.29) is 5.91 Å². The fourth-order valence-corrected chi connectivity index (χ4v) is 3.02. The molecule has 2 N–H and O–H groups in total. The van der Waals surface area contributed by atoms with Crippen LogP contribution in [0.5, 0.6) is 5.75 Å². The van der Waals surface area contributed by atoms with Crippen molar-refractivity contribution in [2.45, 2.75) is 6.92 Å². The molecule has 146 valence electrons. The monoisotopic (exact) mass is 386 g/mol. The lowest BCUT2D eigenvalue weighted by atomic mass is 10.0. The van der Waals surface area contributed by atoms with E-state index in [4.69, 9.17) is 10.00 Å². The van der Waals surface area contributed by atoms with Crippen molar-refractivity contribution in [3.05, 3.63) is 66.4 Å². The van der Waals surface area contributed by atoms with Crippen molar-refractivity contribution in [3.8, 4) is 23.1 Å². The maximum atomic E-state index is 12.1. The average Bonchev–Trinajstić information content (AvgIpc) is 2.76. The number of carbonyl (C=O) groups excluding carboxylic acids is 1. The zero-order valence-electron chi connectivity index (χ0n) is 16.5. The first-order chi connectivity index (χ1) is 14.1. The molecule has 0 unspecified atom stereocenters. The van der Waals surface area contributed by atoms with Gasteiger partial charge in [0.1, 0.15) is 11.4 Å². The van der Waals surface area contributed by atoms with Gasteiger partial charge in [-0.3, -0.25) is 4.79 Å². The molecule has 0 fully saturated rings. The summed E-state index contributed by atoms with van der Waals surface area (Å²) in [5.41, 5.74) is 3.16. The quantitative estimate of drug-likeness (QED) is 0.596. The highest BCUT2D eigenvalue weighted by atomic mass is 16.5. The number of pyridine rings is 1. The number of nitriles is 1. The number of rotatable bonds is 7. The van der Waals surface area contributed by atoms with E-state index in [1.54, 1.807) is 13.2 Å². The molecule has 0 aliphatic rings. The van der Waals surface area contributed by atoms with Crippen molar-refractivity contribution in [3.63, 3.8) is 0 Å². The molecule has 3 rings (SSSR count). The summed E-state index contributed by atoms with van der Waals surface area (Å²) in [6, 6.07) is 17.2. The average molecular weight is 386 g/mol. The Labute approximate surface area is 169 Å². The van der Waals surface area contributed by atoms with E-state index >= 15 is 0 Å². The molecule has 2 aromatic carbocycles. The molecule has 0 saturated heterocycles. The van der Waals surface area contributed by atoms with E-state index < -0.39 is 0 Å². The predicted octanol–water partition coefficient (Wildman–Crippen LogP) is 4.15. The van der Waals surface area contributed by atoms with Gasteiger partial charge in [0.2, 0.25) is 0 Å². The summed E-state index contributed by atoms with van der Waals surface area (Å²) >= 11 is 0. The van der Waals surface area contributed by atoms with Gasteiger partial charge in [-0.15, -0.1) is 0 Å². The van der Waals surface area contributed by atoms with Crippen LogP contribution in [0.1, 0.15) is 17.4 Å². The SMILES string of the molecule is C=C(C#N)CNc1c(OC)ccc2ccc(-c3cccc(C(=O)NCC)n3)cc12. The van der Waals surface area contributed by atoms with Crippen LogP contribution in [0.4, 0.5) is 5.69 Å². The summed E-state index contributed by atoms with van der Waals surface area (Å²) in [7, 11) is 1.60. The highest BCUT2D eigenvalue weighted by molar-refractivity contribution is 5.99. The highest BCUT2D eigenvalue weighted by Crippen LogP contribution is 2.35. The van der Waals surface area contributed by atoms with E-state index in [2.05, 4.69) is 22.2 Å². The minimum atomic E-state index is -0.200. The molecule has 3 aromatic rings. The van der Waals surface area contributed by atoms with Gasteiger partial charge >= 0.3 is 0 Å². The predicted molar refractivity (Wildman–Crippen MR) is 115 cm³/mol. The lowest BCUT2D eigenvalue weighted by molar-refractivity contribution is 0.0951. The lowest BCUT2D eigenvalue weighted by Gasteiger charge is -2.15. The third-order valence-electron chi connectivity index (χ3n) is 4.45. The largest absolute Gasteiger partial charge is 0.495 e. The molecule has 6 nitrogen and oxygen atoms in total. The Morgan fingerprint density at radius 2 is 2.03 bits per heavy atom. The number of amides is 1. The number of fused-ring (bicyclic) bond motifs is 1. The fourth-order valence-electron chi connectivity index (χ4n) is 3.02. The van der Waals surface area contributed by atoms with Crippen LogP contribution in [-0.2, 0) is 0 Å². The van der Waals surface area contributed by atoms with Crippen molar-refractivity contribution >= 4 is 22.4 Å². The van der Waals surface area contributed by atoms with Crippen LogP contribution in [-0.4, -0.2) is 31.1 Å². The number of benzene rings is 2. The first kappa shape index (κ1) is 19.9. The van der Waals surface area contributed by atoms with Crippen LogP contribution in [0, 0.1) is 11.3 Å². The van der Waals surface area contributed by atoms with Crippen LogP contribution < -0.4 is 15.4 Å². The van der Waals surface area contributed by atoms with Crippen LogP contribution >= 0.6 is 0 Å². The Kier molecular flexibility index (Phi) is 6.10. The van der Waals surface area contributed by atoms with Gasteiger partial charge in [0.05, 0.1) is 24.6 Å². The van der Waals surface area contributed by atoms with E-state index in [0.29, 0.717) is 35.8 Å². The molecule has 6 heteroatoms. The maximum absolute atomic E-state index is 12.1. The topological polar surface area (TPSA) is 87.0 Å². The second-order valence-electron chi connectivity index (χ2n) is 6.42. The van der Waals surface area contributed by atoms with Gasteiger partial charge in [0.15, 0.2) is 0 Å². The molecule has 1 amide bonds. The van der Waals surface area contributed by atoms with Gasteiger partial charge in [0.25, 0.3) is 5.91 Å². The van der Waals surface area contributed by atoms with Gasteiger partial charge in [-0.25, -0.2) is 4.98 Å². The van der Waals surface area contributed by atoms with Crippen molar-refractivity contribution in [1.82, 2.24) is 10.3 Å². The zero-order valence-corrected chi connectivity index (χ0v) is 16.5. The summed E-state index contributed by atoms with van der Waals surface area (Å²) in [4.78, 5) is 16.6. The second kappa shape index (κ2) is 8.89. The Balaban J connectivity index is 2.07. The Morgan fingerprint density at radius 3 is 2.76 bits per heavy atom. The summed E-state index contributed by atoms with van der Waals surface area (Å²) in [5, 5.41) is 17.0. The van der Waals surface area contributed by atoms with E-state index in [9.17, 15) is 4.79 Å². The van der Waals surface area contributed by atoms with Crippen molar-refractivity contribution < 1.29 is 9.53 Å². The molecule has 0 spiro atoms. The summed E-state index contributed by atoms with van der Waals surface area (Å²) in [6.45, 7) is 6.45. The first-order valence-electron chi connectivity index (χ1n) is 9.25. The third-order valence-corrected chi connectivity index (χ3v) is 4.45. The molecule has 0 aliphatic heterocycles. The number of carbonyl (C=O) groups is 1. The van der Waals surface area contributed by atoms with Crippen LogP contribution in [0.25, 0.3) is 22.0 Å². The maximum Gasteiger partial charge on any atom is 0.269 e. The summed E-state index contributed by atoms with van der Waals surface area (Å²) < 4.78 is 5.50. The summed E-state index contributed by atoms with van der Waals surface area (Å²) in [5.74, 6) is 0.471. The van der Waals surface area contributed by atoms with Crippen molar-refractivity contribution in [2.24, 2.45) is 0 Å². The molecule has 1 aromatic heterocycles. The molecule has 29 heavy (non-hydrogen) atoms. The fraction of sp³-hybridized carbons (Fsp3) is 0.174. The number of nitrogens with zero attached hydrogens (tertiary/aromatic N) is 2. The first-order valence-corrected chi connectivity index (χ1v) is 9.25. The molecular formula is C23H22N4O2. The van der Waals surface area contributed by atoms with E-state index in [1.165, 1.54) is 0 Å². The molecule has 0 radical (unpaired) electrons. The van der Waals surface area contributed by atoms with Crippen LogP contribution in [0.3, 0.4) is 0 Å². The number of methoxy groups -OCH3 is 1. The minimum Gasteiger partial charge on any atom is -0.495 e. The van der Waals surface area contributed by atoms with Crippen molar-refractivity contribution in [2.75, 3.05) is 25.5 Å².